The number of carbonyl (C=O) groups is 3. The molecule has 25 heavy (non-hydrogen) atoms. The van der Waals surface area contributed by atoms with Crippen molar-refractivity contribution in [3.05, 3.63) is 0 Å². The molecule has 8 nitrogen and oxygen atoms in total. The molecule has 3 saturated heterocycles. The molecule has 3 aliphatic rings. The van der Waals surface area contributed by atoms with Crippen LogP contribution in [0.25, 0.3) is 0 Å². The Balaban J connectivity index is 1.51. The fraction of sp³-hybridized carbons (Fsp3) is 0.812. The summed E-state index contributed by atoms with van der Waals surface area (Å²) in [5.74, 6) is 0.0442. The number of ether oxygens (including phenoxy) is 1. The first-order valence-electron chi connectivity index (χ1n) is 8.98. The first-order chi connectivity index (χ1) is 12.1. The van der Waals surface area contributed by atoms with E-state index < -0.39 is 12.0 Å². The number of imide groups is 1. The minimum Gasteiger partial charge on any atom is -0.450 e. The minimum absolute atomic E-state index is 0.00359. The summed E-state index contributed by atoms with van der Waals surface area (Å²) in [5, 5.41) is 7.26. The summed E-state index contributed by atoms with van der Waals surface area (Å²) >= 11 is 1.56. The van der Waals surface area contributed by atoms with Crippen LogP contribution in [-0.2, 0) is 14.3 Å². The first-order valence-corrected chi connectivity index (χ1v) is 10.0. The van der Waals surface area contributed by atoms with Crippen LogP contribution in [0, 0.1) is 11.8 Å². The SMILES string of the molecule is CCOC(=O)NC(=O)C1CCSC1NC(=O)C1CCN2NCCC2C1. The van der Waals surface area contributed by atoms with Crippen LogP contribution >= 0.6 is 11.8 Å². The Kier molecular flexibility index (Phi) is 6.19. The molecule has 0 aromatic carbocycles. The molecule has 0 saturated carbocycles. The van der Waals surface area contributed by atoms with Crippen molar-refractivity contribution >= 4 is 29.7 Å². The van der Waals surface area contributed by atoms with Crippen LogP contribution < -0.4 is 16.1 Å². The van der Waals surface area contributed by atoms with Gasteiger partial charge in [-0.3, -0.25) is 20.3 Å². The minimum atomic E-state index is -0.726. The molecule has 140 valence electrons. The Bertz CT molecular complexity index is 532. The molecule has 0 bridgehead atoms. The van der Waals surface area contributed by atoms with Crippen LogP contribution in [0.1, 0.15) is 32.6 Å². The fourth-order valence-corrected chi connectivity index (χ4v) is 5.10. The van der Waals surface area contributed by atoms with Gasteiger partial charge in [0.25, 0.3) is 0 Å². The van der Waals surface area contributed by atoms with Gasteiger partial charge >= 0.3 is 6.09 Å². The molecule has 3 heterocycles. The van der Waals surface area contributed by atoms with Crippen molar-refractivity contribution in [3.63, 3.8) is 0 Å². The number of thioether (sulfide) groups is 1. The summed E-state index contributed by atoms with van der Waals surface area (Å²) in [6.07, 6.45) is 2.68. The van der Waals surface area contributed by atoms with Gasteiger partial charge in [0.1, 0.15) is 0 Å². The van der Waals surface area contributed by atoms with Gasteiger partial charge in [0.15, 0.2) is 0 Å². The summed E-state index contributed by atoms with van der Waals surface area (Å²) in [5.41, 5.74) is 3.34. The van der Waals surface area contributed by atoms with Crippen molar-refractivity contribution in [3.8, 4) is 0 Å². The molecule has 0 radical (unpaired) electrons. The zero-order chi connectivity index (χ0) is 17.8. The number of nitrogens with zero attached hydrogens (tertiary/aromatic N) is 1. The van der Waals surface area contributed by atoms with Crippen molar-refractivity contribution in [2.45, 2.75) is 44.0 Å². The van der Waals surface area contributed by atoms with Gasteiger partial charge in [-0.2, -0.15) is 0 Å². The maximum Gasteiger partial charge on any atom is 0.413 e. The van der Waals surface area contributed by atoms with Gasteiger partial charge in [-0.1, -0.05) is 0 Å². The van der Waals surface area contributed by atoms with Gasteiger partial charge in [-0.25, -0.2) is 9.80 Å². The van der Waals surface area contributed by atoms with Gasteiger partial charge in [-0.05, 0) is 38.4 Å². The molecule has 3 amide bonds. The van der Waals surface area contributed by atoms with Gasteiger partial charge in [0.05, 0.1) is 17.9 Å². The third-order valence-electron chi connectivity index (χ3n) is 5.09. The van der Waals surface area contributed by atoms with Crippen LogP contribution in [0.5, 0.6) is 0 Å². The lowest BCUT2D eigenvalue weighted by atomic mass is 9.90. The monoisotopic (exact) mass is 370 g/mol. The number of hydrogen-bond donors (Lipinski definition) is 3. The van der Waals surface area contributed by atoms with E-state index in [1.807, 2.05) is 0 Å². The molecule has 9 heteroatoms. The van der Waals surface area contributed by atoms with E-state index in [4.69, 9.17) is 4.74 Å². The van der Waals surface area contributed by atoms with Gasteiger partial charge < -0.3 is 10.1 Å². The number of nitrogens with one attached hydrogen (secondary N) is 3. The van der Waals surface area contributed by atoms with Gasteiger partial charge in [0.2, 0.25) is 11.8 Å². The summed E-state index contributed by atoms with van der Waals surface area (Å²) in [6.45, 7) is 3.76. The van der Waals surface area contributed by atoms with Gasteiger partial charge in [-0.15, -0.1) is 11.8 Å². The smallest absolute Gasteiger partial charge is 0.413 e. The van der Waals surface area contributed by atoms with E-state index in [9.17, 15) is 14.4 Å². The predicted octanol–water partition coefficient (Wildman–Crippen LogP) is 0.443. The molecule has 4 unspecified atom stereocenters. The standard InChI is InChI=1S/C16H26N4O4S/c1-2-24-16(23)19-14(22)12-5-8-25-15(12)18-13(21)10-4-7-20-11(9-10)3-6-17-20/h10-12,15,17H,2-9H2,1H3,(H,18,21)(H,19,22,23). The molecule has 3 N–H and O–H groups in total. The maximum absolute atomic E-state index is 12.6. The Labute approximate surface area is 151 Å². The normalized spacial score (nSPS) is 32.0. The Morgan fingerprint density at radius 3 is 2.88 bits per heavy atom. The van der Waals surface area contributed by atoms with E-state index in [2.05, 4.69) is 21.1 Å². The van der Waals surface area contributed by atoms with Crippen molar-refractivity contribution in [1.29, 1.82) is 0 Å². The third-order valence-corrected chi connectivity index (χ3v) is 6.37. The van der Waals surface area contributed by atoms with Crippen LogP contribution in [0.4, 0.5) is 4.79 Å². The van der Waals surface area contributed by atoms with Crippen molar-refractivity contribution in [1.82, 2.24) is 21.1 Å². The number of amides is 3. The predicted molar refractivity (Wildman–Crippen MR) is 93.5 cm³/mol. The second kappa shape index (κ2) is 8.37. The third kappa shape index (κ3) is 4.45. The maximum atomic E-state index is 12.6. The van der Waals surface area contributed by atoms with E-state index in [0.717, 1.165) is 38.1 Å². The number of hydrogen-bond acceptors (Lipinski definition) is 7. The molecular formula is C16H26N4O4S. The Hall–Kier alpha value is -1.32. The quantitative estimate of drug-likeness (QED) is 0.660. The highest BCUT2D eigenvalue weighted by molar-refractivity contribution is 8.00. The molecule has 0 aromatic heterocycles. The van der Waals surface area contributed by atoms with Crippen LogP contribution in [0.15, 0.2) is 0 Å². The van der Waals surface area contributed by atoms with E-state index in [-0.39, 0.29) is 29.7 Å². The fourth-order valence-electron chi connectivity index (χ4n) is 3.76. The highest BCUT2D eigenvalue weighted by Gasteiger charge is 2.39. The summed E-state index contributed by atoms with van der Waals surface area (Å²) in [6, 6.07) is 0.434. The van der Waals surface area contributed by atoms with Crippen LogP contribution in [-0.4, -0.2) is 59.8 Å². The topological polar surface area (TPSA) is 99.8 Å². The lowest BCUT2D eigenvalue weighted by molar-refractivity contribution is -0.128. The van der Waals surface area contributed by atoms with Crippen molar-refractivity contribution < 1.29 is 19.1 Å². The highest BCUT2D eigenvalue weighted by Crippen LogP contribution is 2.32. The molecular weight excluding hydrogens is 344 g/mol. The summed E-state index contributed by atoms with van der Waals surface area (Å²) < 4.78 is 4.75. The average Bonchev–Trinajstić information content (AvgIpc) is 3.22. The zero-order valence-corrected chi connectivity index (χ0v) is 15.3. The number of carbonyl (C=O) groups excluding carboxylic acids is 3. The molecule has 0 aliphatic carbocycles. The number of fused-ring (bicyclic) bond motifs is 1. The lowest BCUT2D eigenvalue weighted by Gasteiger charge is -2.34. The van der Waals surface area contributed by atoms with Crippen molar-refractivity contribution in [2.24, 2.45) is 11.8 Å². The summed E-state index contributed by atoms with van der Waals surface area (Å²) in [7, 11) is 0. The van der Waals surface area contributed by atoms with Crippen molar-refractivity contribution in [2.75, 3.05) is 25.4 Å². The molecule has 3 aliphatic heterocycles. The van der Waals surface area contributed by atoms with E-state index in [1.165, 1.54) is 0 Å². The molecule has 4 atom stereocenters. The van der Waals surface area contributed by atoms with Crippen LogP contribution in [0.3, 0.4) is 0 Å². The van der Waals surface area contributed by atoms with E-state index in [0.29, 0.717) is 12.5 Å². The lowest BCUT2D eigenvalue weighted by Crippen LogP contribution is -2.50. The molecule has 0 aromatic rings. The number of alkyl carbamates (subject to hydrolysis) is 1. The largest absolute Gasteiger partial charge is 0.450 e. The van der Waals surface area contributed by atoms with Gasteiger partial charge in [0, 0.05) is 25.0 Å². The van der Waals surface area contributed by atoms with E-state index >= 15 is 0 Å². The Morgan fingerprint density at radius 1 is 1.24 bits per heavy atom. The Morgan fingerprint density at radius 2 is 2.08 bits per heavy atom. The first kappa shape index (κ1) is 18.5. The van der Waals surface area contributed by atoms with Crippen LogP contribution in [0.2, 0.25) is 0 Å². The number of rotatable bonds is 4. The second-order valence-electron chi connectivity index (χ2n) is 6.67. The average molecular weight is 370 g/mol. The molecule has 3 rings (SSSR count). The summed E-state index contributed by atoms with van der Waals surface area (Å²) in [4.78, 5) is 36.3. The zero-order valence-electron chi connectivity index (χ0n) is 14.5. The number of piperidine rings is 1. The number of hydrazine groups is 1. The highest BCUT2D eigenvalue weighted by atomic mass is 32.2. The molecule has 3 fully saturated rings. The van der Waals surface area contributed by atoms with E-state index in [1.54, 1.807) is 18.7 Å². The second-order valence-corrected chi connectivity index (χ2v) is 7.92. The molecule has 0 spiro atoms.